The van der Waals surface area contributed by atoms with E-state index >= 15 is 0 Å². The molecule has 7 nitrogen and oxygen atoms in total. The summed E-state index contributed by atoms with van der Waals surface area (Å²) in [4.78, 5) is 11.5. The Kier molecular flexibility index (Phi) is 3.90. The van der Waals surface area contributed by atoms with E-state index in [4.69, 9.17) is 9.47 Å². The maximum absolute atomic E-state index is 5.45. The van der Waals surface area contributed by atoms with Crippen molar-refractivity contribution < 1.29 is 9.47 Å². The lowest BCUT2D eigenvalue weighted by Crippen LogP contribution is -2.09. The van der Waals surface area contributed by atoms with Gasteiger partial charge in [0.15, 0.2) is 11.5 Å². The largest absolute Gasteiger partial charge is 0.454 e. The molecule has 0 saturated carbocycles. The van der Waals surface area contributed by atoms with E-state index in [0.717, 1.165) is 40.5 Å². The number of anilines is 1. The molecule has 1 aromatic carbocycles. The van der Waals surface area contributed by atoms with Gasteiger partial charge >= 0.3 is 0 Å². The third kappa shape index (κ3) is 3.08. The maximum atomic E-state index is 5.45. The average Bonchev–Trinajstić information content (AvgIpc) is 3.41. The van der Waals surface area contributed by atoms with Crippen LogP contribution in [0, 0.1) is 6.92 Å². The van der Waals surface area contributed by atoms with Gasteiger partial charge in [-0.3, -0.25) is 0 Å². The second-order valence-corrected chi connectivity index (χ2v) is 7.50. The van der Waals surface area contributed by atoms with Crippen LogP contribution in [0.25, 0.3) is 16.2 Å². The number of hydrogen-bond donors (Lipinski definition) is 1. The van der Waals surface area contributed by atoms with Crippen LogP contribution >= 0.6 is 11.3 Å². The molecule has 4 heterocycles. The summed E-state index contributed by atoms with van der Waals surface area (Å²) >= 11 is 1.66. The Hall–Kier alpha value is -3.13. The van der Waals surface area contributed by atoms with E-state index in [-0.39, 0.29) is 0 Å². The van der Waals surface area contributed by atoms with Crippen LogP contribution in [0.1, 0.15) is 10.4 Å². The van der Waals surface area contributed by atoms with Gasteiger partial charge in [0.25, 0.3) is 5.95 Å². The van der Waals surface area contributed by atoms with Crippen molar-refractivity contribution in [3.63, 3.8) is 0 Å². The highest BCUT2D eigenvalue weighted by atomic mass is 32.1. The number of ether oxygens (including phenoxy) is 2. The Bertz CT molecular complexity index is 1110. The summed E-state index contributed by atoms with van der Waals surface area (Å²) < 4.78 is 12.5. The summed E-state index contributed by atoms with van der Waals surface area (Å²) in [5, 5.41) is 8.75. The second kappa shape index (κ2) is 6.55. The average molecular weight is 379 g/mol. The lowest BCUT2D eigenvalue weighted by molar-refractivity contribution is 0.174. The molecule has 5 rings (SSSR count). The van der Waals surface area contributed by atoms with Crippen LogP contribution in [-0.2, 0) is 6.42 Å². The summed E-state index contributed by atoms with van der Waals surface area (Å²) in [6.07, 6.45) is 4.42. The fourth-order valence-corrected chi connectivity index (χ4v) is 3.95. The minimum absolute atomic E-state index is 0.295. The van der Waals surface area contributed by atoms with Gasteiger partial charge in [0.05, 0.1) is 5.39 Å². The predicted molar refractivity (Wildman–Crippen MR) is 104 cm³/mol. The maximum Gasteiger partial charge on any atom is 0.253 e. The molecular formula is C19H17N5O2S. The molecule has 0 bridgehead atoms. The van der Waals surface area contributed by atoms with E-state index in [2.05, 4.69) is 39.4 Å². The quantitative estimate of drug-likeness (QED) is 0.571. The van der Waals surface area contributed by atoms with Crippen LogP contribution in [-0.4, -0.2) is 33.1 Å². The molecule has 1 aliphatic rings. The van der Waals surface area contributed by atoms with E-state index in [1.165, 1.54) is 10.4 Å². The number of nitrogens with zero attached hydrogens (tertiary/aromatic N) is 4. The molecule has 0 radical (unpaired) electrons. The smallest absolute Gasteiger partial charge is 0.253 e. The Labute approximate surface area is 159 Å². The molecule has 0 saturated heterocycles. The van der Waals surface area contributed by atoms with Crippen LogP contribution < -0.4 is 14.8 Å². The van der Waals surface area contributed by atoms with Gasteiger partial charge in [-0.05, 0) is 43.2 Å². The first-order chi connectivity index (χ1) is 13.3. The fraction of sp³-hybridized carbons (Fsp3) is 0.211. The summed E-state index contributed by atoms with van der Waals surface area (Å²) in [6.45, 7) is 3.12. The number of hydrogen-bond acceptors (Lipinski definition) is 7. The van der Waals surface area contributed by atoms with Gasteiger partial charge in [-0.15, -0.1) is 11.3 Å². The summed E-state index contributed by atoms with van der Waals surface area (Å²) in [5.74, 6) is 3.02. The molecule has 8 heteroatoms. The first kappa shape index (κ1) is 16.1. The first-order valence-corrected chi connectivity index (χ1v) is 9.48. The molecule has 27 heavy (non-hydrogen) atoms. The van der Waals surface area contributed by atoms with Crippen molar-refractivity contribution in [1.29, 1.82) is 0 Å². The number of rotatable bonds is 5. The third-order valence-corrected chi connectivity index (χ3v) is 5.30. The van der Waals surface area contributed by atoms with Crippen molar-refractivity contribution in [1.82, 2.24) is 19.7 Å². The summed E-state index contributed by atoms with van der Waals surface area (Å²) in [6, 6.07) is 10.0. The van der Waals surface area contributed by atoms with Crippen molar-refractivity contribution in [2.75, 3.05) is 18.7 Å². The van der Waals surface area contributed by atoms with Crippen LogP contribution in [0.2, 0.25) is 0 Å². The molecule has 0 aliphatic carbocycles. The van der Waals surface area contributed by atoms with E-state index in [1.54, 1.807) is 22.2 Å². The van der Waals surface area contributed by atoms with E-state index in [1.807, 2.05) is 24.4 Å². The SMILES string of the molecule is Cc1cc2c(NCCc3ccc4c(c3)OCO4)nc(-n3cccn3)nc2s1. The minimum Gasteiger partial charge on any atom is -0.454 e. The van der Waals surface area contributed by atoms with Crippen molar-refractivity contribution in [2.24, 2.45) is 0 Å². The van der Waals surface area contributed by atoms with Crippen molar-refractivity contribution in [3.8, 4) is 17.4 Å². The molecule has 3 aromatic heterocycles. The van der Waals surface area contributed by atoms with Crippen LogP contribution in [0.5, 0.6) is 11.5 Å². The molecular weight excluding hydrogens is 362 g/mol. The minimum atomic E-state index is 0.295. The van der Waals surface area contributed by atoms with Crippen molar-refractivity contribution >= 4 is 27.4 Å². The zero-order valence-electron chi connectivity index (χ0n) is 14.7. The monoisotopic (exact) mass is 379 g/mol. The van der Waals surface area contributed by atoms with Gasteiger partial charge in [-0.2, -0.15) is 15.1 Å². The van der Waals surface area contributed by atoms with E-state index < -0.39 is 0 Å². The number of thiophene rings is 1. The molecule has 1 N–H and O–H groups in total. The number of benzene rings is 1. The molecule has 4 aromatic rings. The second-order valence-electron chi connectivity index (χ2n) is 6.26. The van der Waals surface area contributed by atoms with Gasteiger partial charge in [0.2, 0.25) is 6.79 Å². The number of aryl methyl sites for hydroxylation is 1. The molecule has 0 fully saturated rings. The van der Waals surface area contributed by atoms with Crippen LogP contribution in [0.3, 0.4) is 0 Å². The zero-order chi connectivity index (χ0) is 18.2. The number of fused-ring (bicyclic) bond motifs is 2. The number of aromatic nitrogens is 4. The Balaban J connectivity index is 1.39. The summed E-state index contributed by atoms with van der Waals surface area (Å²) in [7, 11) is 0. The first-order valence-electron chi connectivity index (χ1n) is 8.67. The number of nitrogens with one attached hydrogen (secondary N) is 1. The molecule has 0 atom stereocenters. The summed E-state index contributed by atoms with van der Waals surface area (Å²) in [5.41, 5.74) is 1.19. The third-order valence-electron chi connectivity index (χ3n) is 4.36. The molecule has 0 spiro atoms. The lowest BCUT2D eigenvalue weighted by atomic mass is 10.1. The lowest BCUT2D eigenvalue weighted by Gasteiger charge is -2.09. The van der Waals surface area contributed by atoms with Gasteiger partial charge in [-0.25, -0.2) is 4.68 Å². The van der Waals surface area contributed by atoms with Gasteiger partial charge in [-0.1, -0.05) is 6.07 Å². The van der Waals surface area contributed by atoms with Gasteiger partial charge < -0.3 is 14.8 Å². The predicted octanol–water partition coefficient (Wildman–Crippen LogP) is 3.57. The molecule has 0 unspecified atom stereocenters. The zero-order valence-corrected chi connectivity index (χ0v) is 15.5. The Morgan fingerprint density at radius 1 is 1.19 bits per heavy atom. The van der Waals surface area contributed by atoms with Crippen LogP contribution in [0.4, 0.5) is 5.82 Å². The topological polar surface area (TPSA) is 74.1 Å². The van der Waals surface area contributed by atoms with Gasteiger partial charge in [0.1, 0.15) is 10.6 Å². The Morgan fingerprint density at radius 2 is 2.11 bits per heavy atom. The fourth-order valence-electron chi connectivity index (χ4n) is 3.08. The van der Waals surface area contributed by atoms with E-state index in [0.29, 0.717) is 12.7 Å². The highest BCUT2D eigenvalue weighted by molar-refractivity contribution is 7.18. The van der Waals surface area contributed by atoms with Crippen LogP contribution in [0.15, 0.2) is 42.7 Å². The standard InChI is InChI=1S/C19H17N5O2S/c1-12-9-14-17(22-19(23-18(14)27-12)24-8-2-6-21-24)20-7-5-13-3-4-15-16(10-13)26-11-25-15/h2-4,6,8-10H,5,7,11H2,1H3,(H,20,22,23). The van der Waals surface area contributed by atoms with E-state index in [9.17, 15) is 0 Å². The Morgan fingerprint density at radius 3 is 3.00 bits per heavy atom. The highest BCUT2D eigenvalue weighted by Crippen LogP contribution is 2.33. The molecule has 0 amide bonds. The van der Waals surface area contributed by atoms with Crippen molar-refractivity contribution in [3.05, 3.63) is 53.2 Å². The van der Waals surface area contributed by atoms with Crippen molar-refractivity contribution in [2.45, 2.75) is 13.3 Å². The normalized spacial score (nSPS) is 12.6. The highest BCUT2D eigenvalue weighted by Gasteiger charge is 2.14. The van der Waals surface area contributed by atoms with Gasteiger partial charge in [0, 0.05) is 23.8 Å². The molecule has 136 valence electrons. The molecule has 1 aliphatic heterocycles.